The molecule has 0 aromatic rings. The molecule has 82 valence electrons. The number of urea groups is 1. The standard InChI is InChI=1S/C9H20N4O/c1-12-5-3-8(4-6-12)7-13(2)9(14)11-10/h8H,3-7,10H2,1-2H3,(H,11,14). The van der Waals surface area contributed by atoms with Gasteiger partial charge in [0.05, 0.1) is 0 Å². The van der Waals surface area contributed by atoms with Crippen LogP contribution in [0.5, 0.6) is 0 Å². The summed E-state index contributed by atoms with van der Waals surface area (Å²) in [5.74, 6) is 5.67. The fourth-order valence-corrected chi connectivity index (χ4v) is 1.83. The fourth-order valence-electron chi connectivity index (χ4n) is 1.83. The molecule has 14 heavy (non-hydrogen) atoms. The van der Waals surface area contributed by atoms with E-state index in [2.05, 4.69) is 17.4 Å². The first-order chi connectivity index (χ1) is 6.63. The van der Waals surface area contributed by atoms with E-state index in [4.69, 9.17) is 5.84 Å². The molecule has 0 atom stereocenters. The van der Waals surface area contributed by atoms with Crippen LogP contribution in [0.4, 0.5) is 4.79 Å². The van der Waals surface area contributed by atoms with Crippen LogP contribution in [-0.2, 0) is 0 Å². The highest BCUT2D eigenvalue weighted by Crippen LogP contribution is 2.16. The zero-order chi connectivity index (χ0) is 10.6. The number of nitrogens with one attached hydrogen (secondary N) is 1. The summed E-state index contributed by atoms with van der Waals surface area (Å²) < 4.78 is 0. The smallest absolute Gasteiger partial charge is 0.327 e. The van der Waals surface area contributed by atoms with E-state index in [1.165, 1.54) is 12.8 Å². The summed E-state index contributed by atoms with van der Waals surface area (Å²) in [6.45, 7) is 3.06. The topological polar surface area (TPSA) is 61.6 Å². The number of carbonyl (C=O) groups is 1. The molecule has 0 spiro atoms. The number of carbonyl (C=O) groups excluding carboxylic acids is 1. The predicted molar refractivity (Wildman–Crippen MR) is 55.6 cm³/mol. The van der Waals surface area contributed by atoms with Crippen LogP contribution in [-0.4, -0.2) is 49.6 Å². The molecule has 2 amide bonds. The van der Waals surface area contributed by atoms with Crippen LogP contribution in [0, 0.1) is 5.92 Å². The average molecular weight is 200 g/mol. The summed E-state index contributed by atoms with van der Waals surface area (Å²) in [6.07, 6.45) is 2.33. The third-order valence-corrected chi connectivity index (χ3v) is 2.84. The largest absolute Gasteiger partial charge is 0.331 e. The number of amides is 2. The molecule has 0 radical (unpaired) electrons. The van der Waals surface area contributed by atoms with Gasteiger partial charge in [-0.25, -0.2) is 10.6 Å². The van der Waals surface area contributed by atoms with Crippen molar-refractivity contribution in [3.63, 3.8) is 0 Å². The Morgan fingerprint density at radius 2 is 2.14 bits per heavy atom. The highest BCUT2D eigenvalue weighted by molar-refractivity contribution is 5.73. The van der Waals surface area contributed by atoms with Crippen LogP contribution in [0.25, 0.3) is 0 Å². The number of nitrogens with two attached hydrogens (primary N) is 1. The Balaban J connectivity index is 2.27. The molecular formula is C9H20N4O. The second-order valence-corrected chi connectivity index (χ2v) is 4.08. The van der Waals surface area contributed by atoms with Crippen LogP contribution in [0.15, 0.2) is 0 Å². The Hall–Kier alpha value is -0.810. The molecule has 0 unspecified atom stereocenters. The summed E-state index contributed by atoms with van der Waals surface area (Å²) in [5, 5.41) is 0. The Morgan fingerprint density at radius 3 is 2.64 bits per heavy atom. The first-order valence-corrected chi connectivity index (χ1v) is 5.03. The summed E-state index contributed by atoms with van der Waals surface area (Å²) in [7, 11) is 3.91. The number of likely N-dealkylation sites (tertiary alicyclic amines) is 1. The summed E-state index contributed by atoms with van der Waals surface area (Å²) in [4.78, 5) is 15.1. The van der Waals surface area contributed by atoms with Crippen LogP contribution in [0.1, 0.15) is 12.8 Å². The van der Waals surface area contributed by atoms with Crippen molar-refractivity contribution in [1.82, 2.24) is 15.2 Å². The van der Waals surface area contributed by atoms with E-state index >= 15 is 0 Å². The number of hydrogen-bond acceptors (Lipinski definition) is 3. The molecule has 1 aliphatic heterocycles. The van der Waals surface area contributed by atoms with E-state index in [1.807, 2.05) is 0 Å². The number of hydrogen-bond donors (Lipinski definition) is 2. The van der Waals surface area contributed by atoms with Crippen molar-refractivity contribution in [3.05, 3.63) is 0 Å². The second kappa shape index (κ2) is 5.17. The van der Waals surface area contributed by atoms with Crippen molar-refractivity contribution < 1.29 is 4.79 Å². The van der Waals surface area contributed by atoms with Gasteiger partial charge in [-0.2, -0.15) is 0 Å². The van der Waals surface area contributed by atoms with Gasteiger partial charge in [0.1, 0.15) is 0 Å². The van der Waals surface area contributed by atoms with E-state index in [9.17, 15) is 4.79 Å². The van der Waals surface area contributed by atoms with Gasteiger partial charge in [0.2, 0.25) is 0 Å². The molecule has 3 N–H and O–H groups in total. The van der Waals surface area contributed by atoms with Crippen LogP contribution >= 0.6 is 0 Å². The molecule has 0 aromatic carbocycles. The maximum atomic E-state index is 11.1. The molecule has 0 aromatic heterocycles. The average Bonchev–Trinajstić information content (AvgIpc) is 2.20. The molecule has 1 aliphatic rings. The molecule has 0 bridgehead atoms. The summed E-state index contributed by atoms with van der Waals surface area (Å²) >= 11 is 0. The molecule has 0 saturated carbocycles. The quantitative estimate of drug-likeness (QED) is 0.370. The highest BCUT2D eigenvalue weighted by Gasteiger charge is 2.19. The van der Waals surface area contributed by atoms with Crippen molar-refractivity contribution in [1.29, 1.82) is 0 Å². The first-order valence-electron chi connectivity index (χ1n) is 5.03. The van der Waals surface area contributed by atoms with Crippen molar-refractivity contribution >= 4 is 6.03 Å². The van der Waals surface area contributed by atoms with Gasteiger partial charge in [-0.1, -0.05) is 0 Å². The molecule has 1 rings (SSSR count). The zero-order valence-corrected chi connectivity index (χ0v) is 8.99. The normalized spacial score (nSPS) is 19.4. The predicted octanol–water partition coefficient (Wildman–Crippen LogP) is -0.157. The van der Waals surface area contributed by atoms with Gasteiger partial charge in [0.25, 0.3) is 0 Å². The molecule has 1 saturated heterocycles. The van der Waals surface area contributed by atoms with Gasteiger partial charge in [-0.05, 0) is 38.9 Å². The maximum absolute atomic E-state index is 11.1. The minimum atomic E-state index is -0.205. The minimum Gasteiger partial charge on any atom is -0.327 e. The van der Waals surface area contributed by atoms with Gasteiger partial charge in [-0.3, -0.25) is 5.43 Å². The first kappa shape index (κ1) is 11.3. The molecule has 5 heteroatoms. The third-order valence-electron chi connectivity index (χ3n) is 2.84. The molecule has 1 heterocycles. The van der Waals surface area contributed by atoms with Gasteiger partial charge in [0.15, 0.2) is 0 Å². The van der Waals surface area contributed by atoms with Crippen molar-refractivity contribution in [3.8, 4) is 0 Å². The lowest BCUT2D eigenvalue weighted by molar-refractivity contribution is 0.170. The SMILES string of the molecule is CN1CCC(CN(C)C(=O)NN)CC1. The lowest BCUT2D eigenvalue weighted by Gasteiger charge is -2.31. The maximum Gasteiger partial charge on any atom is 0.331 e. The van der Waals surface area contributed by atoms with E-state index in [1.54, 1.807) is 11.9 Å². The lowest BCUT2D eigenvalue weighted by atomic mass is 9.97. The fraction of sp³-hybridized carbons (Fsp3) is 0.889. The van der Waals surface area contributed by atoms with E-state index in [0.717, 1.165) is 19.6 Å². The van der Waals surface area contributed by atoms with Crippen molar-refractivity contribution in [2.24, 2.45) is 11.8 Å². The third kappa shape index (κ3) is 3.16. The Labute approximate surface area is 85.2 Å². The lowest BCUT2D eigenvalue weighted by Crippen LogP contribution is -2.44. The van der Waals surface area contributed by atoms with Crippen molar-refractivity contribution in [2.75, 3.05) is 33.7 Å². The Morgan fingerprint density at radius 1 is 1.57 bits per heavy atom. The van der Waals surface area contributed by atoms with E-state index < -0.39 is 0 Å². The second-order valence-electron chi connectivity index (χ2n) is 4.08. The summed E-state index contributed by atoms with van der Waals surface area (Å²) in [6, 6.07) is -0.205. The molecular weight excluding hydrogens is 180 g/mol. The number of piperidine rings is 1. The number of nitrogens with zero attached hydrogens (tertiary/aromatic N) is 2. The summed E-state index contributed by atoms with van der Waals surface area (Å²) in [5.41, 5.74) is 2.14. The Bertz CT molecular complexity index is 189. The van der Waals surface area contributed by atoms with Gasteiger partial charge in [-0.15, -0.1) is 0 Å². The number of hydrazine groups is 1. The molecule has 5 nitrogen and oxygen atoms in total. The number of rotatable bonds is 2. The van der Waals surface area contributed by atoms with Crippen LogP contribution < -0.4 is 11.3 Å². The van der Waals surface area contributed by atoms with E-state index in [-0.39, 0.29) is 6.03 Å². The monoisotopic (exact) mass is 200 g/mol. The Kier molecular flexibility index (Phi) is 4.16. The zero-order valence-electron chi connectivity index (χ0n) is 8.99. The molecule has 1 fully saturated rings. The van der Waals surface area contributed by atoms with Crippen LogP contribution in [0.2, 0.25) is 0 Å². The van der Waals surface area contributed by atoms with Gasteiger partial charge < -0.3 is 9.80 Å². The highest BCUT2D eigenvalue weighted by atomic mass is 16.2. The van der Waals surface area contributed by atoms with E-state index in [0.29, 0.717) is 5.92 Å². The molecule has 0 aliphatic carbocycles. The van der Waals surface area contributed by atoms with Crippen molar-refractivity contribution in [2.45, 2.75) is 12.8 Å². The van der Waals surface area contributed by atoms with Crippen LogP contribution in [0.3, 0.4) is 0 Å². The van der Waals surface area contributed by atoms with Gasteiger partial charge >= 0.3 is 6.03 Å². The van der Waals surface area contributed by atoms with Gasteiger partial charge in [0, 0.05) is 13.6 Å². The minimum absolute atomic E-state index is 0.205.